The monoisotopic (exact) mass is 294 g/mol. The van der Waals surface area contributed by atoms with Gasteiger partial charge in [-0.2, -0.15) is 5.10 Å². The molecule has 1 aromatic carbocycles. The standard InChI is InChI=1S/C12H11BrN2O2/c1-17-12(16)10-7-11(13)15(14-10)8-9-5-3-2-4-6-9/h2-7H,8H2,1H3. The minimum atomic E-state index is -0.433. The van der Waals surface area contributed by atoms with Gasteiger partial charge in [-0.3, -0.25) is 4.68 Å². The summed E-state index contributed by atoms with van der Waals surface area (Å²) in [5.74, 6) is -0.433. The topological polar surface area (TPSA) is 44.1 Å². The molecule has 17 heavy (non-hydrogen) atoms. The van der Waals surface area contributed by atoms with E-state index in [2.05, 4.69) is 25.8 Å². The van der Waals surface area contributed by atoms with Crippen molar-refractivity contribution in [3.8, 4) is 0 Å². The number of ether oxygens (including phenoxy) is 1. The first-order chi connectivity index (χ1) is 8.20. The second-order valence-corrected chi connectivity index (χ2v) is 4.30. The Labute approximate surface area is 107 Å². The van der Waals surface area contributed by atoms with Gasteiger partial charge in [0, 0.05) is 6.07 Å². The molecule has 0 radical (unpaired) electrons. The molecule has 0 saturated heterocycles. The highest BCUT2D eigenvalue weighted by atomic mass is 79.9. The average Bonchev–Trinajstić information content (AvgIpc) is 2.71. The summed E-state index contributed by atoms with van der Waals surface area (Å²) < 4.78 is 7.08. The number of carbonyl (C=O) groups is 1. The number of hydrogen-bond acceptors (Lipinski definition) is 3. The Hall–Kier alpha value is -1.62. The molecule has 0 atom stereocenters. The van der Waals surface area contributed by atoms with Gasteiger partial charge in [-0.05, 0) is 21.5 Å². The quantitative estimate of drug-likeness (QED) is 0.817. The summed E-state index contributed by atoms with van der Waals surface area (Å²) in [6, 6.07) is 11.6. The van der Waals surface area contributed by atoms with Crippen LogP contribution in [0.3, 0.4) is 0 Å². The Morgan fingerprint density at radius 3 is 2.76 bits per heavy atom. The number of rotatable bonds is 3. The van der Waals surface area contributed by atoms with Crippen molar-refractivity contribution in [3.05, 3.63) is 52.3 Å². The van der Waals surface area contributed by atoms with Gasteiger partial charge in [-0.25, -0.2) is 4.79 Å². The van der Waals surface area contributed by atoms with E-state index < -0.39 is 5.97 Å². The maximum atomic E-state index is 11.3. The van der Waals surface area contributed by atoms with Gasteiger partial charge in [0.05, 0.1) is 13.7 Å². The number of hydrogen-bond donors (Lipinski definition) is 0. The molecule has 1 heterocycles. The summed E-state index contributed by atoms with van der Waals surface area (Å²) in [4.78, 5) is 11.3. The van der Waals surface area contributed by atoms with Crippen LogP contribution in [-0.4, -0.2) is 22.9 Å². The number of benzene rings is 1. The summed E-state index contributed by atoms with van der Waals surface area (Å²) in [5.41, 5.74) is 1.42. The van der Waals surface area contributed by atoms with Crippen LogP contribution in [0.1, 0.15) is 16.1 Å². The summed E-state index contributed by atoms with van der Waals surface area (Å²) >= 11 is 3.36. The fourth-order valence-electron chi connectivity index (χ4n) is 1.47. The second kappa shape index (κ2) is 5.14. The van der Waals surface area contributed by atoms with Gasteiger partial charge in [0.2, 0.25) is 0 Å². The maximum absolute atomic E-state index is 11.3. The lowest BCUT2D eigenvalue weighted by Gasteiger charge is -2.02. The van der Waals surface area contributed by atoms with Crippen molar-refractivity contribution >= 4 is 21.9 Å². The van der Waals surface area contributed by atoms with Crippen molar-refractivity contribution in [2.24, 2.45) is 0 Å². The molecule has 1 aromatic heterocycles. The molecule has 0 aliphatic carbocycles. The van der Waals surface area contributed by atoms with Gasteiger partial charge < -0.3 is 4.74 Å². The molecule has 0 bridgehead atoms. The fourth-order valence-corrected chi connectivity index (χ4v) is 1.89. The van der Waals surface area contributed by atoms with Crippen LogP contribution in [0.4, 0.5) is 0 Å². The number of carbonyl (C=O) groups excluding carboxylic acids is 1. The molecule has 0 unspecified atom stereocenters. The average molecular weight is 295 g/mol. The first-order valence-corrected chi connectivity index (χ1v) is 5.85. The predicted octanol–water partition coefficient (Wildman–Crippen LogP) is 2.48. The van der Waals surface area contributed by atoms with Crippen molar-refractivity contribution in [1.29, 1.82) is 0 Å². The molecule has 2 aromatic rings. The zero-order valence-electron chi connectivity index (χ0n) is 9.26. The summed E-state index contributed by atoms with van der Waals surface area (Å²) in [6.45, 7) is 0.610. The van der Waals surface area contributed by atoms with Crippen molar-refractivity contribution in [1.82, 2.24) is 9.78 Å². The molecule has 0 spiro atoms. The Bertz CT molecular complexity index is 523. The lowest BCUT2D eigenvalue weighted by atomic mass is 10.2. The van der Waals surface area contributed by atoms with E-state index in [1.165, 1.54) is 7.11 Å². The number of methoxy groups -OCH3 is 1. The smallest absolute Gasteiger partial charge is 0.358 e. The van der Waals surface area contributed by atoms with E-state index in [0.29, 0.717) is 12.2 Å². The number of nitrogens with zero attached hydrogens (tertiary/aromatic N) is 2. The van der Waals surface area contributed by atoms with Crippen LogP contribution in [-0.2, 0) is 11.3 Å². The molecule has 0 aliphatic rings. The molecule has 4 nitrogen and oxygen atoms in total. The summed E-state index contributed by atoms with van der Waals surface area (Å²) in [7, 11) is 1.34. The molecule has 0 N–H and O–H groups in total. The third-order valence-electron chi connectivity index (χ3n) is 2.30. The SMILES string of the molecule is COC(=O)c1cc(Br)n(Cc2ccccc2)n1. The zero-order chi connectivity index (χ0) is 12.3. The molecule has 2 rings (SSSR count). The number of aromatic nitrogens is 2. The van der Waals surface area contributed by atoms with Crippen LogP contribution >= 0.6 is 15.9 Å². The Morgan fingerprint density at radius 2 is 2.12 bits per heavy atom. The Morgan fingerprint density at radius 1 is 1.41 bits per heavy atom. The van der Waals surface area contributed by atoms with E-state index >= 15 is 0 Å². The highest BCUT2D eigenvalue weighted by molar-refractivity contribution is 9.10. The van der Waals surface area contributed by atoms with Crippen LogP contribution in [0.25, 0.3) is 0 Å². The van der Waals surface area contributed by atoms with Gasteiger partial charge in [-0.15, -0.1) is 0 Å². The van der Waals surface area contributed by atoms with E-state index in [-0.39, 0.29) is 0 Å². The number of halogens is 1. The third-order valence-corrected chi connectivity index (χ3v) is 2.94. The van der Waals surface area contributed by atoms with Gasteiger partial charge in [0.25, 0.3) is 0 Å². The fraction of sp³-hybridized carbons (Fsp3) is 0.167. The molecule has 88 valence electrons. The molecule has 0 aliphatic heterocycles. The predicted molar refractivity (Wildman–Crippen MR) is 66.8 cm³/mol. The first-order valence-electron chi connectivity index (χ1n) is 5.06. The van der Waals surface area contributed by atoms with Gasteiger partial charge in [-0.1, -0.05) is 30.3 Å². The minimum Gasteiger partial charge on any atom is -0.464 e. The van der Waals surface area contributed by atoms with Crippen molar-refractivity contribution in [2.45, 2.75) is 6.54 Å². The minimum absolute atomic E-state index is 0.301. The lowest BCUT2D eigenvalue weighted by molar-refractivity contribution is 0.0593. The van der Waals surface area contributed by atoms with E-state index in [0.717, 1.165) is 10.2 Å². The Balaban J connectivity index is 2.22. The zero-order valence-corrected chi connectivity index (χ0v) is 10.8. The molecule has 0 amide bonds. The first kappa shape index (κ1) is 11.9. The van der Waals surface area contributed by atoms with Crippen molar-refractivity contribution < 1.29 is 9.53 Å². The van der Waals surface area contributed by atoms with Crippen molar-refractivity contribution in [2.75, 3.05) is 7.11 Å². The molecule has 0 fully saturated rings. The number of esters is 1. The van der Waals surface area contributed by atoms with Crippen LogP contribution in [0.2, 0.25) is 0 Å². The molecular weight excluding hydrogens is 284 g/mol. The van der Waals surface area contributed by atoms with E-state index in [1.807, 2.05) is 30.3 Å². The molecular formula is C12H11BrN2O2. The summed E-state index contributed by atoms with van der Waals surface area (Å²) in [6.07, 6.45) is 0. The molecule has 0 saturated carbocycles. The highest BCUT2D eigenvalue weighted by Crippen LogP contribution is 2.14. The van der Waals surface area contributed by atoms with Gasteiger partial charge >= 0.3 is 5.97 Å². The van der Waals surface area contributed by atoms with E-state index in [1.54, 1.807) is 10.7 Å². The van der Waals surface area contributed by atoms with Crippen LogP contribution in [0.15, 0.2) is 41.0 Å². The maximum Gasteiger partial charge on any atom is 0.358 e. The molecule has 5 heteroatoms. The second-order valence-electron chi connectivity index (χ2n) is 3.49. The highest BCUT2D eigenvalue weighted by Gasteiger charge is 2.13. The van der Waals surface area contributed by atoms with Crippen LogP contribution in [0, 0.1) is 0 Å². The van der Waals surface area contributed by atoms with Gasteiger partial charge in [0.1, 0.15) is 4.60 Å². The Kier molecular flexibility index (Phi) is 3.58. The van der Waals surface area contributed by atoms with E-state index in [4.69, 9.17) is 0 Å². The van der Waals surface area contributed by atoms with Crippen LogP contribution in [0.5, 0.6) is 0 Å². The van der Waals surface area contributed by atoms with Gasteiger partial charge in [0.15, 0.2) is 5.69 Å². The lowest BCUT2D eigenvalue weighted by Crippen LogP contribution is -2.06. The normalized spacial score (nSPS) is 10.2. The summed E-state index contributed by atoms with van der Waals surface area (Å²) in [5, 5.41) is 4.17. The van der Waals surface area contributed by atoms with Crippen LogP contribution < -0.4 is 0 Å². The van der Waals surface area contributed by atoms with Crippen molar-refractivity contribution in [3.63, 3.8) is 0 Å². The third kappa shape index (κ3) is 2.74. The van der Waals surface area contributed by atoms with E-state index in [9.17, 15) is 4.79 Å². The largest absolute Gasteiger partial charge is 0.464 e.